The van der Waals surface area contributed by atoms with E-state index in [0.717, 1.165) is 51.3 Å². The van der Waals surface area contributed by atoms with Crippen LogP contribution in [0, 0.1) is 0 Å². The number of fused-ring (bicyclic) bond motifs is 1. The zero-order chi connectivity index (χ0) is 19.3. The molecule has 148 valence electrons. The van der Waals surface area contributed by atoms with Crippen molar-refractivity contribution in [2.45, 2.75) is 38.3 Å². The predicted molar refractivity (Wildman–Crippen MR) is 112 cm³/mol. The summed E-state index contributed by atoms with van der Waals surface area (Å²) in [4.78, 5) is 14.9. The molecule has 0 radical (unpaired) electrons. The molecular weight excluding hydrogens is 350 g/mol. The van der Waals surface area contributed by atoms with Crippen LogP contribution in [0.15, 0.2) is 48.5 Å². The first-order chi connectivity index (χ1) is 13.7. The third-order valence-corrected chi connectivity index (χ3v) is 5.92. The van der Waals surface area contributed by atoms with Crippen LogP contribution < -0.4 is 10.6 Å². The molecule has 0 bridgehead atoms. The van der Waals surface area contributed by atoms with Gasteiger partial charge in [-0.2, -0.15) is 0 Å². The van der Waals surface area contributed by atoms with Crippen molar-refractivity contribution in [3.05, 3.63) is 65.2 Å². The van der Waals surface area contributed by atoms with E-state index in [1.807, 2.05) is 18.2 Å². The first kappa shape index (κ1) is 19.0. The number of morpholine rings is 1. The summed E-state index contributed by atoms with van der Waals surface area (Å²) in [7, 11) is 0. The number of amides is 2. The van der Waals surface area contributed by atoms with Crippen LogP contribution in [0.4, 0.5) is 10.5 Å². The number of carbonyl (C=O) groups is 1. The molecule has 5 heteroatoms. The molecule has 4 rings (SSSR count). The van der Waals surface area contributed by atoms with Gasteiger partial charge in [0.05, 0.1) is 19.3 Å². The molecule has 1 aliphatic heterocycles. The van der Waals surface area contributed by atoms with Gasteiger partial charge in [-0.15, -0.1) is 0 Å². The second-order valence-corrected chi connectivity index (χ2v) is 7.69. The lowest BCUT2D eigenvalue weighted by Crippen LogP contribution is -2.38. The molecule has 1 saturated heterocycles. The van der Waals surface area contributed by atoms with Crippen LogP contribution in [0.2, 0.25) is 0 Å². The summed E-state index contributed by atoms with van der Waals surface area (Å²) in [5.41, 5.74) is 4.67. The van der Waals surface area contributed by atoms with E-state index in [0.29, 0.717) is 6.04 Å². The molecule has 0 aromatic heterocycles. The fourth-order valence-corrected chi connectivity index (χ4v) is 4.25. The Kier molecular flexibility index (Phi) is 5.93. The lowest BCUT2D eigenvalue weighted by molar-refractivity contribution is 0.0198. The number of nitrogens with zero attached hydrogens (tertiary/aromatic N) is 1. The average Bonchev–Trinajstić information content (AvgIpc) is 2.75. The van der Waals surface area contributed by atoms with Crippen LogP contribution in [-0.2, 0) is 11.2 Å². The number of ether oxygens (including phenoxy) is 1. The quantitative estimate of drug-likeness (QED) is 0.834. The Morgan fingerprint density at radius 1 is 1.11 bits per heavy atom. The number of hydrogen-bond donors (Lipinski definition) is 2. The number of carbonyl (C=O) groups excluding carboxylic acids is 1. The lowest BCUT2D eigenvalue weighted by atomic mass is 9.88. The van der Waals surface area contributed by atoms with Gasteiger partial charge in [0.25, 0.3) is 0 Å². The van der Waals surface area contributed by atoms with Crippen LogP contribution in [0.3, 0.4) is 0 Å². The number of hydrogen-bond acceptors (Lipinski definition) is 3. The van der Waals surface area contributed by atoms with Gasteiger partial charge in [0.15, 0.2) is 0 Å². The molecule has 2 N–H and O–H groups in total. The van der Waals surface area contributed by atoms with E-state index in [1.165, 1.54) is 16.7 Å². The third kappa shape index (κ3) is 4.37. The van der Waals surface area contributed by atoms with Crippen LogP contribution in [0.25, 0.3) is 0 Å². The summed E-state index contributed by atoms with van der Waals surface area (Å²) in [6.45, 7) is 5.75. The van der Waals surface area contributed by atoms with Crippen molar-refractivity contribution in [2.24, 2.45) is 0 Å². The van der Waals surface area contributed by atoms with Gasteiger partial charge in [-0.25, -0.2) is 4.79 Å². The summed E-state index contributed by atoms with van der Waals surface area (Å²) in [6.07, 6.45) is 3.19. The predicted octanol–water partition coefficient (Wildman–Crippen LogP) is 4.28. The zero-order valence-electron chi connectivity index (χ0n) is 16.5. The fourth-order valence-electron chi connectivity index (χ4n) is 4.25. The Labute approximate surface area is 167 Å². The molecule has 5 nitrogen and oxygen atoms in total. The molecule has 2 atom stereocenters. The molecule has 2 unspecified atom stereocenters. The summed E-state index contributed by atoms with van der Waals surface area (Å²) >= 11 is 0. The maximum Gasteiger partial charge on any atom is 0.319 e. The molecule has 28 heavy (non-hydrogen) atoms. The van der Waals surface area contributed by atoms with Gasteiger partial charge in [-0.3, -0.25) is 4.90 Å². The smallest absolute Gasteiger partial charge is 0.319 e. The van der Waals surface area contributed by atoms with Gasteiger partial charge in [-0.05, 0) is 55.0 Å². The Balaban J connectivity index is 1.35. The van der Waals surface area contributed by atoms with E-state index in [4.69, 9.17) is 4.74 Å². The van der Waals surface area contributed by atoms with E-state index >= 15 is 0 Å². The number of benzene rings is 2. The number of aryl methyl sites for hydroxylation is 1. The van der Waals surface area contributed by atoms with Crippen LogP contribution in [0.5, 0.6) is 0 Å². The molecule has 0 spiro atoms. The second kappa shape index (κ2) is 8.76. The molecular formula is C23H29N3O2. The largest absolute Gasteiger partial charge is 0.379 e. The second-order valence-electron chi connectivity index (χ2n) is 7.69. The van der Waals surface area contributed by atoms with Crippen molar-refractivity contribution in [2.75, 3.05) is 31.6 Å². The highest BCUT2D eigenvalue weighted by Gasteiger charge is 2.22. The minimum atomic E-state index is -0.143. The van der Waals surface area contributed by atoms with Gasteiger partial charge in [0.2, 0.25) is 0 Å². The summed E-state index contributed by atoms with van der Waals surface area (Å²) < 4.78 is 5.44. The van der Waals surface area contributed by atoms with E-state index in [1.54, 1.807) is 0 Å². The van der Waals surface area contributed by atoms with E-state index in [2.05, 4.69) is 52.8 Å². The molecule has 2 aromatic carbocycles. The Bertz CT molecular complexity index is 800. The van der Waals surface area contributed by atoms with Crippen molar-refractivity contribution in [3.8, 4) is 0 Å². The van der Waals surface area contributed by atoms with E-state index < -0.39 is 0 Å². The monoisotopic (exact) mass is 379 g/mol. The molecule has 0 saturated carbocycles. The van der Waals surface area contributed by atoms with E-state index in [-0.39, 0.29) is 12.1 Å². The highest BCUT2D eigenvalue weighted by atomic mass is 16.5. The Hall–Kier alpha value is -2.37. The minimum Gasteiger partial charge on any atom is -0.379 e. The summed E-state index contributed by atoms with van der Waals surface area (Å²) in [5.74, 6) is 0. The molecule has 2 amide bonds. The van der Waals surface area contributed by atoms with Crippen LogP contribution >= 0.6 is 0 Å². The Morgan fingerprint density at radius 2 is 1.86 bits per heavy atom. The molecule has 2 aromatic rings. The van der Waals surface area contributed by atoms with Gasteiger partial charge < -0.3 is 15.4 Å². The SMILES string of the molecule is CC(c1ccc(NC(=O)NC2CCCc3ccccc32)cc1)N1CCOCC1. The van der Waals surface area contributed by atoms with Crippen molar-refractivity contribution >= 4 is 11.7 Å². The minimum absolute atomic E-state index is 0.0885. The first-order valence-electron chi connectivity index (χ1n) is 10.3. The molecule has 2 aliphatic rings. The average molecular weight is 380 g/mol. The maximum absolute atomic E-state index is 12.5. The van der Waals surface area contributed by atoms with Crippen LogP contribution in [0.1, 0.15) is 48.5 Å². The normalized spacial score (nSPS) is 20.8. The number of urea groups is 1. The van der Waals surface area contributed by atoms with Gasteiger partial charge in [0.1, 0.15) is 0 Å². The highest BCUT2D eigenvalue weighted by molar-refractivity contribution is 5.89. The van der Waals surface area contributed by atoms with Crippen LogP contribution in [-0.4, -0.2) is 37.2 Å². The highest BCUT2D eigenvalue weighted by Crippen LogP contribution is 2.29. The fraction of sp³-hybridized carbons (Fsp3) is 0.435. The van der Waals surface area contributed by atoms with Crippen molar-refractivity contribution in [1.29, 1.82) is 0 Å². The topological polar surface area (TPSA) is 53.6 Å². The zero-order valence-corrected chi connectivity index (χ0v) is 16.5. The molecule has 1 fully saturated rings. The lowest BCUT2D eigenvalue weighted by Gasteiger charge is -2.32. The third-order valence-electron chi connectivity index (χ3n) is 5.92. The van der Waals surface area contributed by atoms with Gasteiger partial charge in [-0.1, -0.05) is 36.4 Å². The standard InChI is InChI=1S/C23H29N3O2/c1-17(26-13-15-28-16-14-26)18-9-11-20(12-10-18)24-23(27)25-22-8-4-6-19-5-2-3-7-21(19)22/h2-3,5,7,9-12,17,22H,4,6,8,13-16H2,1H3,(H2,24,25,27). The first-order valence-corrected chi connectivity index (χ1v) is 10.3. The molecule has 1 heterocycles. The van der Waals surface area contributed by atoms with Gasteiger partial charge >= 0.3 is 6.03 Å². The maximum atomic E-state index is 12.5. The number of anilines is 1. The Morgan fingerprint density at radius 3 is 2.64 bits per heavy atom. The number of nitrogens with one attached hydrogen (secondary N) is 2. The summed E-state index contributed by atoms with van der Waals surface area (Å²) in [5, 5.41) is 6.12. The number of rotatable bonds is 4. The van der Waals surface area contributed by atoms with Gasteiger partial charge in [0, 0.05) is 24.8 Å². The van der Waals surface area contributed by atoms with Crippen molar-refractivity contribution < 1.29 is 9.53 Å². The van der Waals surface area contributed by atoms with E-state index in [9.17, 15) is 4.79 Å². The summed E-state index contributed by atoms with van der Waals surface area (Å²) in [6, 6.07) is 16.9. The van der Waals surface area contributed by atoms with Crippen molar-refractivity contribution in [1.82, 2.24) is 10.2 Å². The van der Waals surface area contributed by atoms with Crippen molar-refractivity contribution in [3.63, 3.8) is 0 Å². The molecule has 1 aliphatic carbocycles.